The first-order valence-electron chi connectivity index (χ1n) is 8.29. The van der Waals surface area contributed by atoms with Gasteiger partial charge in [0.2, 0.25) is 5.91 Å². The monoisotopic (exact) mass is 354 g/mol. The van der Waals surface area contributed by atoms with Crippen LogP contribution in [-0.2, 0) is 20.7 Å². The molecule has 2 aromatic carbocycles. The molecule has 0 spiro atoms. The summed E-state index contributed by atoms with van der Waals surface area (Å²) in [5, 5.41) is 5.26. The van der Waals surface area contributed by atoms with Gasteiger partial charge in [0.1, 0.15) is 12.1 Å². The predicted octanol–water partition coefficient (Wildman–Crippen LogP) is 1.71. The zero-order valence-electron chi connectivity index (χ0n) is 14.8. The van der Waals surface area contributed by atoms with E-state index in [-0.39, 0.29) is 5.91 Å². The zero-order valence-corrected chi connectivity index (χ0v) is 14.8. The number of nitrogens with one attached hydrogen (secondary N) is 2. The highest BCUT2D eigenvalue weighted by atomic mass is 16.5. The Kier molecular flexibility index (Phi) is 6.91. The molecule has 0 bridgehead atoms. The molecule has 2 rings (SSSR count). The molecule has 0 heterocycles. The molecule has 0 aliphatic heterocycles. The lowest BCUT2D eigenvalue weighted by Gasteiger charge is -2.20. The largest absolute Gasteiger partial charge is 0.467 e. The molecule has 2 amide bonds. The molecule has 0 fully saturated rings. The highest BCUT2D eigenvalue weighted by Gasteiger charge is 2.25. The Hall–Kier alpha value is -3.15. The van der Waals surface area contributed by atoms with E-state index in [2.05, 4.69) is 10.6 Å². The lowest BCUT2D eigenvalue weighted by Crippen LogP contribution is -2.51. The fourth-order valence-electron chi connectivity index (χ4n) is 2.42. The van der Waals surface area contributed by atoms with E-state index < -0.39 is 24.0 Å². The molecule has 0 saturated heterocycles. The Morgan fingerprint density at radius 1 is 0.923 bits per heavy atom. The SMILES string of the molecule is COC(=O)C(Cc1ccccc1)NC(=O)C(C)NC(=O)c1ccccc1. The maximum Gasteiger partial charge on any atom is 0.328 e. The number of benzene rings is 2. The number of hydrogen-bond donors (Lipinski definition) is 2. The summed E-state index contributed by atoms with van der Waals surface area (Å²) in [6, 6.07) is 16.3. The molecule has 2 unspecified atom stereocenters. The van der Waals surface area contributed by atoms with Crippen molar-refractivity contribution in [2.24, 2.45) is 0 Å². The molecule has 0 saturated carbocycles. The first-order chi connectivity index (χ1) is 12.5. The summed E-state index contributed by atoms with van der Waals surface area (Å²) in [5.74, 6) is -1.35. The van der Waals surface area contributed by atoms with E-state index >= 15 is 0 Å². The fraction of sp³-hybridized carbons (Fsp3) is 0.250. The molecule has 2 N–H and O–H groups in total. The highest BCUT2D eigenvalue weighted by Crippen LogP contribution is 2.05. The predicted molar refractivity (Wildman–Crippen MR) is 97.5 cm³/mol. The van der Waals surface area contributed by atoms with Crippen molar-refractivity contribution >= 4 is 17.8 Å². The molecule has 0 aliphatic rings. The molecule has 26 heavy (non-hydrogen) atoms. The highest BCUT2D eigenvalue weighted by molar-refractivity contribution is 5.98. The van der Waals surface area contributed by atoms with Gasteiger partial charge in [-0.2, -0.15) is 0 Å². The molecular formula is C20H22N2O4. The lowest BCUT2D eigenvalue weighted by molar-refractivity contribution is -0.145. The second-order valence-electron chi connectivity index (χ2n) is 5.84. The first-order valence-corrected chi connectivity index (χ1v) is 8.29. The average Bonchev–Trinajstić information content (AvgIpc) is 2.68. The average molecular weight is 354 g/mol. The van der Waals surface area contributed by atoms with Crippen LogP contribution in [0.4, 0.5) is 0 Å². The van der Waals surface area contributed by atoms with E-state index in [1.54, 1.807) is 37.3 Å². The van der Waals surface area contributed by atoms with Crippen molar-refractivity contribution in [2.45, 2.75) is 25.4 Å². The third-order valence-electron chi connectivity index (χ3n) is 3.86. The van der Waals surface area contributed by atoms with Crippen LogP contribution in [0.3, 0.4) is 0 Å². The van der Waals surface area contributed by atoms with Crippen molar-refractivity contribution in [3.63, 3.8) is 0 Å². The van der Waals surface area contributed by atoms with Crippen molar-refractivity contribution in [3.8, 4) is 0 Å². The number of carbonyl (C=O) groups is 3. The summed E-state index contributed by atoms with van der Waals surface area (Å²) < 4.78 is 4.77. The minimum Gasteiger partial charge on any atom is -0.467 e. The Labute approximate surface area is 152 Å². The number of hydrogen-bond acceptors (Lipinski definition) is 4. The Morgan fingerprint density at radius 3 is 2.08 bits per heavy atom. The minimum absolute atomic E-state index is 0.304. The second-order valence-corrected chi connectivity index (χ2v) is 5.84. The van der Waals surface area contributed by atoms with Crippen LogP contribution >= 0.6 is 0 Å². The van der Waals surface area contributed by atoms with Crippen LogP contribution in [0.15, 0.2) is 60.7 Å². The smallest absolute Gasteiger partial charge is 0.328 e. The number of carbonyl (C=O) groups excluding carboxylic acids is 3. The fourth-order valence-corrected chi connectivity index (χ4v) is 2.42. The van der Waals surface area contributed by atoms with E-state index in [4.69, 9.17) is 4.74 Å². The van der Waals surface area contributed by atoms with E-state index in [1.165, 1.54) is 7.11 Å². The van der Waals surface area contributed by atoms with Gasteiger partial charge in [-0.25, -0.2) is 4.79 Å². The molecule has 0 radical (unpaired) electrons. The summed E-state index contributed by atoms with van der Waals surface area (Å²) >= 11 is 0. The van der Waals surface area contributed by atoms with Gasteiger partial charge >= 0.3 is 5.97 Å². The van der Waals surface area contributed by atoms with Crippen LogP contribution in [0.1, 0.15) is 22.8 Å². The summed E-state index contributed by atoms with van der Waals surface area (Å²) in [6.45, 7) is 1.56. The molecule has 0 aromatic heterocycles. The topological polar surface area (TPSA) is 84.5 Å². The Balaban J connectivity index is 1.99. The van der Waals surface area contributed by atoms with E-state index in [9.17, 15) is 14.4 Å². The summed E-state index contributed by atoms with van der Waals surface area (Å²) in [5.41, 5.74) is 1.35. The number of ether oxygens (including phenoxy) is 1. The van der Waals surface area contributed by atoms with Crippen molar-refractivity contribution in [1.82, 2.24) is 10.6 Å². The van der Waals surface area contributed by atoms with Gasteiger partial charge in [0.15, 0.2) is 0 Å². The van der Waals surface area contributed by atoms with Gasteiger partial charge in [0.05, 0.1) is 7.11 Å². The number of rotatable bonds is 7. The number of methoxy groups -OCH3 is 1. The van der Waals surface area contributed by atoms with Gasteiger partial charge in [-0.1, -0.05) is 48.5 Å². The van der Waals surface area contributed by atoms with Gasteiger partial charge in [-0.15, -0.1) is 0 Å². The van der Waals surface area contributed by atoms with Gasteiger partial charge in [0.25, 0.3) is 5.91 Å². The minimum atomic E-state index is -0.828. The number of amides is 2. The third-order valence-corrected chi connectivity index (χ3v) is 3.86. The van der Waals surface area contributed by atoms with E-state index in [1.807, 2.05) is 30.3 Å². The van der Waals surface area contributed by atoms with Crippen LogP contribution < -0.4 is 10.6 Å². The van der Waals surface area contributed by atoms with Crippen LogP contribution in [-0.4, -0.2) is 37.0 Å². The van der Waals surface area contributed by atoms with Crippen LogP contribution in [0.5, 0.6) is 0 Å². The van der Waals surface area contributed by atoms with Crippen LogP contribution in [0.2, 0.25) is 0 Å². The Bertz CT molecular complexity index is 747. The number of esters is 1. The van der Waals surface area contributed by atoms with Crippen molar-refractivity contribution in [3.05, 3.63) is 71.8 Å². The zero-order chi connectivity index (χ0) is 18.9. The van der Waals surface area contributed by atoms with Crippen LogP contribution in [0.25, 0.3) is 0 Å². The van der Waals surface area contributed by atoms with Crippen molar-refractivity contribution in [1.29, 1.82) is 0 Å². The maximum atomic E-state index is 12.4. The van der Waals surface area contributed by atoms with Crippen LogP contribution in [0, 0.1) is 0 Å². The van der Waals surface area contributed by atoms with E-state index in [0.717, 1.165) is 5.56 Å². The normalized spacial score (nSPS) is 12.5. The van der Waals surface area contributed by atoms with Crippen molar-refractivity contribution < 1.29 is 19.1 Å². The van der Waals surface area contributed by atoms with Crippen molar-refractivity contribution in [2.75, 3.05) is 7.11 Å². The molecule has 136 valence electrons. The molecule has 6 nitrogen and oxygen atoms in total. The summed E-state index contributed by atoms with van der Waals surface area (Å²) in [7, 11) is 1.27. The molecule has 2 atom stereocenters. The van der Waals surface area contributed by atoms with Gasteiger partial charge in [-0.05, 0) is 24.6 Å². The molecule has 6 heteroatoms. The van der Waals surface area contributed by atoms with Gasteiger partial charge in [0, 0.05) is 12.0 Å². The van der Waals surface area contributed by atoms with Gasteiger partial charge < -0.3 is 15.4 Å². The first kappa shape index (κ1) is 19.2. The lowest BCUT2D eigenvalue weighted by atomic mass is 10.1. The summed E-state index contributed by atoms with van der Waals surface area (Å²) in [4.78, 5) is 36.5. The van der Waals surface area contributed by atoms with E-state index in [0.29, 0.717) is 12.0 Å². The quantitative estimate of drug-likeness (QED) is 0.742. The van der Waals surface area contributed by atoms with Gasteiger partial charge in [-0.3, -0.25) is 9.59 Å². The Morgan fingerprint density at radius 2 is 1.50 bits per heavy atom. The molecule has 0 aliphatic carbocycles. The summed E-state index contributed by atoms with van der Waals surface area (Å²) in [6.07, 6.45) is 0.304. The third kappa shape index (κ3) is 5.44. The second kappa shape index (κ2) is 9.36. The standard InChI is InChI=1S/C20H22N2O4/c1-14(21-19(24)16-11-7-4-8-12-16)18(23)22-17(20(25)26-2)13-15-9-5-3-6-10-15/h3-12,14,17H,13H2,1-2H3,(H,21,24)(H,22,23). The maximum absolute atomic E-state index is 12.4. The molecular weight excluding hydrogens is 332 g/mol. The molecule has 2 aromatic rings.